The number of benzene rings is 1. The molecule has 0 aromatic heterocycles. The molecule has 6 nitrogen and oxygen atoms in total. The Hall–Kier alpha value is -1.89. The molecule has 0 N–H and O–H groups in total. The number of methoxy groups -OCH3 is 1. The fourth-order valence-electron chi connectivity index (χ4n) is 1.21. The maximum absolute atomic E-state index is 11.5. The lowest BCUT2D eigenvalue weighted by Crippen LogP contribution is -2.20. The fraction of sp³-hybridized carbons (Fsp3) is 0.333. The van der Waals surface area contributed by atoms with Crippen molar-refractivity contribution in [2.24, 2.45) is 10.3 Å². The number of nitro benzene ring substituents is 1. The first-order chi connectivity index (χ1) is 8.95. The van der Waals surface area contributed by atoms with Crippen molar-refractivity contribution in [3.8, 4) is 0 Å². The van der Waals surface area contributed by atoms with Crippen LogP contribution in [0.5, 0.6) is 0 Å². The largest absolute Gasteiger partial charge is 0.465 e. The molecule has 19 heavy (non-hydrogen) atoms. The van der Waals surface area contributed by atoms with Crippen molar-refractivity contribution in [2.75, 3.05) is 7.11 Å². The van der Waals surface area contributed by atoms with E-state index in [9.17, 15) is 14.9 Å². The Labute approximate surface area is 115 Å². The summed E-state index contributed by atoms with van der Waals surface area (Å²) in [7, 11) is 1.30. The highest BCUT2D eigenvalue weighted by Gasteiger charge is 2.16. The SMILES string of the molecule is COC(=O)/C(=N/Sc1ccc([N+](=O)[O-])cc1)C(C)C. The van der Waals surface area contributed by atoms with Gasteiger partial charge in [-0.3, -0.25) is 10.1 Å². The Morgan fingerprint density at radius 3 is 2.37 bits per heavy atom. The van der Waals surface area contributed by atoms with Crippen LogP contribution in [0, 0.1) is 16.0 Å². The zero-order valence-corrected chi connectivity index (χ0v) is 11.6. The normalized spacial score (nSPS) is 11.5. The van der Waals surface area contributed by atoms with Crippen molar-refractivity contribution in [3.63, 3.8) is 0 Å². The van der Waals surface area contributed by atoms with Crippen LogP contribution in [0.2, 0.25) is 0 Å². The van der Waals surface area contributed by atoms with Crippen molar-refractivity contribution < 1.29 is 14.5 Å². The van der Waals surface area contributed by atoms with Crippen LogP contribution in [0.4, 0.5) is 5.69 Å². The number of nitro groups is 1. The third-order valence-corrected chi connectivity index (χ3v) is 3.01. The van der Waals surface area contributed by atoms with E-state index in [0.717, 1.165) is 11.9 Å². The highest BCUT2D eigenvalue weighted by Crippen LogP contribution is 2.23. The van der Waals surface area contributed by atoms with Gasteiger partial charge < -0.3 is 4.74 Å². The lowest BCUT2D eigenvalue weighted by atomic mass is 10.1. The number of non-ortho nitro benzene ring substituents is 1. The molecule has 1 aromatic carbocycles. The highest BCUT2D eigenvalue weighted by atomic mass is 32.2. The van der Waals surface area contributed by atoms with Crippen LogP contribution < -0.4 is 0 Å². The summed E-state index contributed by atoms with van der Waals surface area (Å²) >= 11 is 1.09. The number of hydrogen-bond donors (Lipinski definition) is 0. The number of esters is 1. The predicted octanol–water partition coefficient (Wildman–Crippen LogP) is 2.87. The molecule has 0 aliphatic rings. The Kier molecular flexibility index (Phi) is 5.50. The van der Waals surface area contributed by atoms with Crippen molar-refractivity contribution in [1.29, 1.82) is 0 Å². The maximum Gasteiger partial charge on any atom is 0.353 e. The molecule has 0 radical (unpaired) electrons. The number of carbonyl (C=O) groups excluding carboxylic acids is 1. The van der Waals surface area contributed by atoms with Gasteiger partial charge in [0.2, 0.25) is 0 Å². The van der Waals surface area contributed by atoms with Gasteiger partial charge in [-0.15, -0.1) is 0 Å². The molecule has 0 saturated carbocycles. The Morgan fingerprint density at radius 1 is 1.37 bits per heavy atom. The summed E-state index contributed by atoms with van der Waals surface area (Å²) in [5.41, 5.74) is 0.344. The molecule has 0 saturated heterocycles. The van der Waals surface area contributed by atoms with Gasteiger partial charge in [-0.05, 0) is 12.1 Å². The van der Waals surface area contributed by atoms with Crippen LogP contribution in [0.1, 0.15) is 13.8 Å². The van der Waals surface area contributed by atoms with Crippen LogP contribution in [0.15, 0.2) is 33.6 Å². The molecule has 0 amide bonds. The van der Waals surface area contributed by atoms with Gasteiger partial charge in [0.05, 0.1) is 12.0 Å². The molecule has 0 aliphatic heterocycles. The van der Waals surface area contributed by atoms with E-state index in [1.807, 2.05) is 13.8 Å². The van der Waals surface area contributed by atoms with Gasteiger partial charge >= 0.3 is 5.97 Å². The third kappa shape index (κ3) is 4.36. The smallest absolute Gasteiger partial charge is 0.353 e. The first-order valence-corrected chi connectivity index (χ1v) is 6.30. The lowest BCUT2D eigenvalue weighted by Gasteiger charge is -2.06. The molecular formula is C12H14N2O4S. The molecule has 0 unspecified atom stereocenters. The first kappa shape index (κ1) is 15.2. The van der Waals surface area contributed by atoms with Gasteiger partial charge in [-0.25, -0.2) is 9.19 Å². The summed E-state index contributed by atoms with van der Waals surface area (Å²) in [5, 5.41) is 10.5. The molecule has 0 heterocycles. The molecule has 0 bridgehead atoms. The third-order valence-electron chi connectivity index (χ3n) is 2.24. The summed E-state index contributed by atoms with van der Waals surface area (Å²) in [6, 6.07) is 5.96. The Balaban J connectivity index is 2.83. The first-order valence-electron chi connectivity index (χ1n) is 5.53. The van der Waals surface area contributed by atoms with Crippen molar-refractivity contribution in [2.45, 2.75) is 18.7 Å². The molecular weight excluding hydrogens is 268 g/mol. The minimum atomic E-state index is -0.468. The number of nitrogens with zero attached hydrogens (tertiary/aromatic N) is 2. The minimum absolute atomic E-state index is 0.0189. The predicted molar refractivity (Wildman–Crippen MR) is 73.2 cm³/mol. The molecule has 0 aliphatic carbocycles. The summed E-state index contributed by atoms with van der Waals surface area (Å²) in [4.78, 5) is 22.2. The maximum atomic E-state index is 11.5. The van der Waals surface area contributed by atoms with Crippen LogP contribution in [-0.2, 0) is 9.53 Å². The summed E-state index contributed by atoms with van der Waals surface area (Å²) < 4.78 is 8.77. The van der Waals surface area contributed by atoms with Gasteiger partial charge in [0.1, 0.15) is 5.71 Å². The van der Waals surface area contributed by atoms with Gasteiger partial charge in [-0.1, -0.05) is 13.8 Å². The minimum Gasteiger partial charge on any atom is -0.465 e. The zero-order chi connectivity index (χ0) is 14.4. The zero-order valence-electron chi connectivity index (χ0n) is 10.8. The monoisotopic (exact) mass is 282 g/mol. The van der Waals surface area contributed by atoms with E-state index in [4.69, 9.17) is 0 Å². The van der Waals surface area contributed by atoms with Crippen LogP contribution in [0.3, 0.4) is 0 Å². The lowest BCUT2D eigenvalue weighted by molar-refractivity contribution is -0.384. The summed E-state index contributed by atoms with van der Waals surface area (Å²) in [6.45, 7) is 3.68. The van der Waals surface area contributed by atoms with Gasteiger partial charge in [0.15, 0.2) is 0 Å². The summed E-state index contributed by atoms with van der Waals surface area (Å²) in [5.74, 6) is -0.526. The average Bonchev–Trinajstić information content (AvgIpc) is 2.38. The fourth-order valence-corrected chi connectivity index (χ4v) is 1.96. The molecule has 1 aromatic rings. The van der Waals surface area contributed by atoms with E-state index in [2.05, 4.69) is 9.13 Å². The van der Waals surface area contributed by atoms with Crippen molar-refractivity contribution in [1.82, 2.24) is 0 Å². The van der Waals surface area contributed by atoms with E-state index in [1.165, 1.54) is 19.2 Å². The van der Waals surface area contributed by atoms with Crippen LogP contribution in [-0.4, -0.2) is 23.7 Å². The van der Waals surface area contributed by atoms with Crippen molar-refractivity contribution >= 4 is 29.3 Å². The van der Waals surface area contributed by atoms with E-state index in [1.54, 1.807) is 12.1 Å². The Morgan fingerprint density at radius 2 is 1.95 bits per heavy atom. The molecule has 0 fully saturated rings. The number of ether oxygens (including phenoxy) is 1. The van der Waals surface area contributed by atoms with E-state index >= 15 is 0 Å². The number of hydrogen-bond acceptors (Lipinski definition) is 6. The number of rotatable bonds is 5. The summed E-state index contributed by atoms with van der Waals surface area (Å²) in [6.07, 6.45) is 0. The molecule has 0 atom stereocenters. The average molecular weight is 282 g/mol. The number of carbonyl (C=O) groups is 1. The molecule has 0 spiro atoms. The van der Waals surface area contributed by atoms with Crippen LogP contribution >= 0.6 is 11.9 Å². The molecule has 1 rings (SSSR count). The van der Waals surface area contributed by atoms with Crippen molar-refractivity contribution in [3.05, 3.63) is 34.4 Å². The van der Waals surface area contributed by atoms with Gasteiger partial charge in [0, 0.05) is 34.9 Å². The van der Waals surface area contributed by atoms with Crippen LogP contribution in [0.25, 0.3) is 0 Å². The van der Waals surface area contributed by atoms with Gasteiger partial charge in [-0.2, -0.15) is 0 Å². The van der Waals surface area contributed by atoms with E-state index in [-0.39, 0.29) is 11.6 Å². The Bertz CT molecular complexity index is 497. The second-order valence-electron chi connectivity index (χ2n) is 3.97. The second-order valence-corrected chi connectivity index (χ2v) is 4.80. The second kappa shape index (κ2) is 6.89. The molecule has 102 valence electrons. The topological polar surface area (TPSA) is 81.8 Å². The van der Waals surface area contributed by atoms with Gasteiger partial charge in [0.25, 0.3) is 5.69 Å². The highest BCUT2D eigenvalue weighted by molar-refractivity contribution is 7.98. The van der Waals surface area contributed by atoms with E-state index < -0.39 is 10.9 Å². The quantitative estimate of drug-likeness (QED) is 0.273. The molecule has 7 heteroatoms. The van der Waals surface area contributed by atoms with E-state index in [0.29, 0.717) is 10.6 Å². The standard InChI is InChI=1S/C12H14N2O4S/c1-8(2)11(12(15)18-3)13-19-10-6-4-9(5-7-10)14(16)17/h4-8H,1-3H3/b13-11+.